The molecule has 1 saturated carbocycles. The van der Waals surface area contributed by atoms with Crippen LogP contribution in [0.1, 0.15) is 19.3 Å². The molecule has 3 N–H and O–H groups in total. The van der Waals surface area contributed by atoms with E-state index in [0.29, 0.717) is 6.42 Å². The fourth-order valence-corrected chi connectivity index (χ4v) is 4.08. The number of nitrogens with zero attached hydrogens (tertiary/aromatic N) is 1. The molecule has 0 aromatic heterocycles. The summed E-state index contributed by atoms with van der Waals surface area (Å²) >= 11 is 5.82. The van der Waals surface area contributed by atoms with E-state index in [-0.39, 0.29) is 27.7 Å². The third-order valence-electron chi connectivity index (χ3n) is 3.29. The van der Waals surface area contributed by atoms with Crippen molar-refractivity contribution in [2.75, 3.05) is 0 Å². The molecule has 110 valence electrons. The molecule has 1 aliphatic rings. The highest BCUT2D eigenvalue weighted by Crippen LogP contribution is 2.27. The van der Waals surface area contributed by atoms with Crippen molar-refractivity contribution in [3.8, 4) is 0 Å². The largest absolute Gasteiger partial charge is 0.326 e. The summed E-state index contributed by atoms with van der Waals surface area (Å²) in [6, 6.07) is 2.70. The smallest absolute Gasteiger partial charge is 0.271 e. The van der Waals surface area contributed by atoms with E-state index in [0.717, 1.165) is 31.0 Å². The maximum Gasteiger partial charge on any atom is 0.271 e. The van der Waals surface area contributed by atoms with Gasteiger partial charge < -0.3 is 5.73 Å². The zero-order chi connectivity index (χ0) is 14.9. The van der Waals surface area contributed by atoms with Gasteiger partial charge in [-0.25, -0.2) is 13.1 Å². The molecule has 0 spiro atoms. The average molecular weight is 320 g/mol. The van der Waals surface area contributed by atoms with Crippen molar-refractivity contribution in [2.24, 2.45) is 5.73 Å². The van der Waals surface area contributed by atoms with E-state index >= 15 is 0 Å². The summed E-state index contributed by atoms with van der Waals surface area (Å²) in [6.45, 7) is 0. The van der Waals surface area contributed by atoms with E-state index in [2.05, 4.69) is 4.72 Å². The van der Waals surface area contributed by atoms with Crippen LogP contribution in [-0.2, 0) is 10.0 Å². The summed E-state index contributed by atoms with van der Waals surface area (Å²) < 4.78 is 26.9. The Bertz CT molecular complexity index is 635. The molecule has 7 nitrogen and oxygen atoms in total. The fourth-order valence-electron chi connectivity index (χ4n) is 2.22. The highest BCUT2D eigenvalue weighted by molar-refractivity contribution is 7.89. The van der Waals surface area contributed by atoms with Crippen molar-refractivity contribution < 1.29 is 13.3 Å². The molecule has 0 saturated heterocycles. The van der Waals surface area contributed by atoms with Gasteiger partial charge in [-0.1, -0.05) is 18.0 Å². The molecule has 2 unspecified atom stereocenters. The number of nitro groups is 1. The van der Waals surface area contributed by atoms with Gasteiger partial charge in [0.1, 0.15) is 4.90 Å². The Labute approximate surface area is 121 Å². The SMILES string of the molecule is NC1CCCC1NS(=O)(=O)c1ccc([N+](=O)[O-])cc1Cl. The lowest BCUT2D eigenvalue weighted by atomic mass is 10.2. The molecule has 0 bridgehead atoms. The van der Waals surface area contributed by atoms with E-state index < -0.39 is 14.9 Å². The molecular weight excluding hydrogens is 306 g/mol. The Balaban J connectivity index is 2.27. The molecule has 0 radical (unpaired) electrons. The Morgan fingerprint density at radius 1 is 1.40 bits per heavy atom. The number of halogens is 1. The van der Waals surface area contributed by atoms with Crippen molar-refractivity contribution in [1.82, 2.24) is 4.72 Å². The Hall–Kier alpha value is -1.22. The number of hydrogen-bond acceptors (Lipinski definition) is 5. The third-order valence-corrected chi connectivity index (χ3v) is 5.26. The molecule has 0 heterocycles. The zero-order valence-corrected chi connectivity index (χ0v) is 12.0. The van der Waals surface area contributed by atoms with Gasteiger partial charge in [-0.3, -0.25) is 10.1 Å². The van der Waals surface area contributed by atoms with E-state index in [1.165, 1.54) is 0 Å². The van der Waals surface area contributed by atoms with Crippen LogP contribution in [0.25, 0.3) is 0 Å². The molecule has 2 rings (SSSR count). The number of nitrogens with one attached hydrogen (secondary N) is 1. The normalized spacial score (nSPS) is 22.9. The van der Waals surface area contributed by atoms with Crippen LogP contribution < -0.4 is 10.5 Å². The topological polar surface area (TPSA) is 115 Å². The minimum Gasteiger partial charge on any atom is -0.326 e. The van der Waals surface area contributed by atoms with E-state index in [9.17, 15) is 18.5 Å². The van der Waals surface area contributed by atoms with E-state index in [1.807, 2.05) is 0 Å². The van der Waals surface area contributed by atoms with Gasteiger partial charge in [0.15, 0.2) is 0 Å². The van der Waals surface area contributed by atoms with Gasteiger partial charge in [0.2, 0.25) is 10.0 Å². The van der Waals surface area contributed by atoms with E-state index in [4.69, 9.17) is 17.3 Å². The van der Waals surface area contributed by atoms with Gasteiger partial charge in [0, 0.05) is 24.2 Å². The lowest BCUT2D eigenvalue weighted by Crippen LogP contribution is -2.43. The maximum absolute atomic E-state index is 12.2. The first-order valence-electron chi connectivity index (χ1n) is 6.03. The summed E-state index contributed by atoms with van der Waals surface area (Å²) in [7, 11) is -3.83. The molecule has 20 heavy (non-hydrogen) atoms. The first kappa shape index (κ1) is 15.2. The quantitative estimate of drug-likeness (QED) is 0.643. The van der Waals surface area contributed by atoms with E-state index in [1.54, 1.807) is 0 Å². The monoisotopic (exact) mass is 319 g/mol. The highest BCUT2D eigenvalue weighted by Gasteiger charge is 2.30. The van der Waals surface area contributed by atoms with Crippen LogP contribution in [0.5, 0.6) is 0 Å². The van der Waals surface area contributed by atoms with Crippen LogP contribution >= 0.6 is 11.6 Å². The number of sulfonamides is 1. The van der Waals surface area contributed by atoms with Crippen LogP contribution in [0, 0.1) is 10.1 Å². The van der Waals surface area contributed by atoms with Crippen molar-refractivity contribution in [3.63, 3.8) is 0 Å². The summed E-state index contributed by atoms with van der Waals surface area (Å²) in [6.07, 6.45) is 2.30. The van der Waals surface area contributed by atoms with Crippen LogP contribution in [-0.4, -0.2) is 25.4 Å². The molecule has 2 atom stereocenters. The molecule has 9 heteroatoms. The average Bonchev–Trinajstić information content (AvgIpc) is 2.73. The standard InChI is InChI=1S/C11H14ClN3O4S/c12-8-6-7(15(16)17)4-5-11(8)20(18,19)14-10-3-1-2-9(10)13/h4-6,9-10,14H,1-3,13H2. The van der Waals surface area contributed by atoms with Crippen molar-refractivity contribution in [2.45, 2.75) is 36.2 Å². The molecule has 1 aromatic rings. The second-order valence-electron chi connectivity index (χ2n) is 4.69. The van der Waals surface area contributed by atoms with Crippen LogP contribution in [0.15, 0.2) is 23.1 Å². The molecular formula is C11H14ClN3O4S. The van der Waals surface area contributed by atoms with Crippen LogP contribution in [0.4, 0.5) is 5.69 Å². The number of non-ortho nitro benzene ring substituents is 1. The Morgan fingerprint density at radius 3 is 2.60 bits per heavy atom. The minimum atomic E-state index is -3.83. The van der Waals surface area contributed by atoms with Gasteiger partial charge >= 0.3 is 0 Å². The van der Waals surface area contributed by atoms with Gasteiger partial charge in [-0.2, -0.15) is 0 Å². The lowest BCUT2D eigenvalue weighted by Gasteiger charge is -2.17. The van der Waals surface area contributed by atoms with Gasteiger partial charge in [-0.15, -0.1) is 0 Å². The second kappa shape index (κ2) is 5.65. The van der Waals surface area contributed by atoms with Crippen molar-refractivity contribution >= 4 is 27.3 Å². The molecule has 0 aliphatic heterocycles. The first-order valence-corrected chi connectivity index (χ1v) is 7.89. The number of nitrogens with two attached hydrogens (primary N) is 1. The number of benzene rings is 1. The Morgan fingerprint density at radius 2 is 2.10 bits per heavy atom. The second-order valence-corrected chi connectivity index (χ2v) is 6.78. The highest BCUT2D eigenvalue weighted by atomic mass is 35.5. The number of rotatable bonds is 4. The van der Waals surface area contributed by atoms with Gasteiger partial charge in [0.25, 0.3) is 5.69 Å². The fraction of sp³-hybridized carbons (Fsp3) is 0.455. The number of nitro benzene ring substituents is 1. The number of hydrogen-bond donors (Lipinski definition) is 2. The lowest BCUT2D eigenvalue weighted by molar-refractivity contribution is -0.384. The maximum atomic E-state index is 12.2. The van der Waals surface area contributed by atoms with Crippen molar-refractivity contribution in [3.05, 3.63) is 33.3 Å². The first-order chi connectivity index (χ1) is 9.31. The predicted molar refractivity (Wildman–Crippen MR) is 74.0 cm³/mol. The molecule has 1 aliphatic carbocycles. The van der Waals surface area contributed by atoms with Crippen LogP contribution in [0.3, 0.4) is 0 Å². The minimum absolute atomic E-state index is 0.177. The van der Waals surface area contributed by atoms with Gasteiger partial charge in [0.05, 0.1) is 9.95 Å². The van der Waals surface area contributed by atoms with Crippen molar-refractivity contribution in [1.29, 1.82) is 0 Å². The molecule has 1 fully saturated rings. The van der Waals surface area contributed by atoms with Crippen LogP contribution in [0.2, 0.25) is 5.02 Å². The predicted octanol–water partition coefficient (Wildman–Crippen LogP) is 1.41. The molecule has 0 amide bonds. The zero-order valence-electron chi connectivity index (χ0n) is 10.5. The molecule has 1 aromatic carbocycles. The summed E-state index contributed by atoms with van der Waals surface area (Å²) in [5.41, 5.74) is 5.56. The Kier molecular flexibility index (Phi) is 4.28. The summed E-state index contributed by atoms with van der Waals surface area (Å²) in [4.78, 5) is 9.79. The van der Waals surface area contributed by atoms with Gasteiger partial charge in [-0.05, 0) is 18.9 Å². The summed E-state index contributed by atoms with van der Waals surface area (Å²) in [5.74, 6) is 0. The third kappa shape index (κ3) is 3.09. The summed E-state index contributed by atoms with van der Waals surface area (Å²) in [5, 5.41) is 10.4.